The lowest BCUT2D eigenvalue weighted by molar-refractivity contribution is 0.519. The van der Waals surface area contributed by atoms with Crippen LogP contribution >= 0.6 is 0 Å². The van der Waals surface area contributed by atoms with Crippen molar-refractivity contribution in [2.45, 2.75) is 38.3 Å². The fraction of sp³-hybridized carbons (Fsp3) is 0.545. The van der Waals surface area contributed by atoms with Gasteiger partial charge >= 0.3 is 0 Å². The summed E-state index contributed by atoms with van der Waals surface area (Å²) in [7, 11) is 0. The van der Waals surface area contributed by atoms with Crippen LogP contribution in [0.5, 0.6) is 0 Å². The number of nitrogens with zero attached hydrogens (tertiary/aromatic N) is 1. The fourth-order valence-electron chi connectivity index (χ4n) is 1.92. The molecule has 0 bridgehead atoms. The van der Waals surface area contributed by atoms with Crippen LogP contribution in [0.2, 0.25) is 0 Å². The molecule has 1 aliphatic carbocycles. The second kappa shape index (κ2) is 4.42. The molecule has 14 heavy (non-hydrogen) atoms. The normalized spacial score (nSPS) is 17.4. The lowest BCUT2D eigenvalue weighted by atomic mass is 10.2. The summed E-state index contributed by atoms with van der Waals surface area (Å²) in [4.78, 5) is 4.25. The van der Waals surface area contributed by atoms with E-state index in [0.29, 0.717) is 6.04 Å². The molecule has 0 atom stereocenters. The van der Waals surface area contributed by atoms with Crippen molar-refractivity contribution >= 4 is 5.69 Å². The molecule has 1 fully saturated rings. The highest BCUT2D eigenvalue weighted by molar-refractivity contribution is 5.34. The summed E-state index contributed by atoms with van der Waals surface area (Å²) < 4.78 is 0. The van der Waals surface area contributed by atoms with Gasteiger partial charge in [0, 0.05) is 12.6 Å². The Hall–Kier alpha value is -1.09. The van der Waals surface area contributed by atoms with Gasteiger partial charge in [-0.25, -0.2) is 0 Å². The van der Waals surface area contributed by atoms with E-state index in [0.717, 1.165) is 17.9 Å². The summed E-state index contributed by atoms with van der Waals surface area (Å²) in [6, 6.07) is 4.59. The molecule has 0 spiro atoms. The number of nitrogens with two attached hydrogens (primary N) is 1. The number of nitrogens with one attached hydrogen (secondary N) is 1. The summed E-state index contributed by atoms with van der Waals surface area (Å²) >= 11 is 0. The largest absolute Gasteiger partial charge is 0.397 e. The van der Waals surface area contributed by atoms with Crippen molar-refractivity contribution in [1.82, 2.24) is 10.3 Å². The SMILES string of the molecule is Nc1ccc(CNC2CCCC2)nc1. The highest BCUT2D eigenvalue weighted by atomic mass is 14.9. The van der Waals surface area contributed by atoms with Gasteiger partial charge in [-0.3, -0.25) is 4.98 Å². The van der Waals surface area contributed by atoms with Gasteiger partial charge in [0.05, 0.1) is 17.6 Å². The second-order valence-corrected chi connectivity index (χ2v) is 3.95. The van der Waals surface area contributed by atoms with E-state index in [-0.39, 0.29) is 0 Å². The van der Waals surface area contributed by atoms with Gasteiger partial charge in [0.2, 0.25) is 0 Å². The van der Waals surface area contributed by atoms with Crippen LogP contribution in [0.1, 0.15) is 31.4 Å². The first-order chi connectivity index (χ1) is 6.84. The number of hydrogen-bond acceptors (Lipinski definition) is 3. The summed E-state index contributed by atoms with van der Waals surface area (Å²) in [5.41, 5.74) is 7.37. The molecule has 1 heterocycles. The molecule has 0 unspecified atom stereocenters. The molecule has 0 saturated heterocycles. The quantitative estimate of drug-likeness (QED) is 0.764. The maximum Gasteiger partial charge on any atom is 0.0543 e. The first-order valence-electron chi connectivity index (χ1n) is 5.28. The molecule has 2 rings (SSSR count). The van der Waals surface area contributed by atoms with E-state index >= 15 is 0 Å². The smallest absolute Gasteiger partial charge is 0.0543 e. The molecule has 0 aliphatic heterocycles. The van der Waals surface area contributed by atoms with Crippen LogP contribution < -0.4 is 11.1 Å². The van der Waals surface area contributed by atoms with E-state index in [1.807, 2.05) is 12.1 Å². The molecule has 1 aliphatic rings. The zero-order valence-corrected chi connectivity index (χ0v) is 8.37. The van der Waals surface area contributed by atoms with E-state index in [2.05, 4.69) is 10.3 Å². The molecule has 1 aromatic heterocycles. The first kappa shape index (κ1) is 9.46. The van der Waals surface area contributed by atoms with Gasteiger partial charge < -0.3 is 11.1 Å². The summed E-state index contributed by atoms with van der Waals surface area (Å²) in [6.07, 6.45) is 7.08. The average molecular weight is 191 g/mol. The number of anilines is 1. The Bertz CT molecular complexity index is 275. The molecule has 3 N–H and O–H groups in total. The van der Waals surface area contributed by atoms with Crippen LogP contribution in [0, 0.1) is 0 Å². The first-order valence-corrected chi connectivity index (χ1v) is 5.28. The monoisotopic (exact) mass is 191 g/mol. The Labute approximate surface area is 84.7 Å². The van der Waals surface area contributed by atoms with Gasteiger partial charge in [0.15, 0.2) is 0 Å². The summed E-state index contributed by atoms with van der Waals surface area (Å²) in [5.74, 6) is 0. The van der Waals surface area contributed by atoms with Crippen molar-refractivity contribution in [2.75, 3.05) is 5.73 Å². The third kappa shape index (κ3) is 2.45. The molecule has 3 heteroatoms. The van der Waals surface area contributed by atoms with Gasteiger partial charge in [0.25, 0.3) is 0 Å². The summed E-state index contributed by atoms with van der Waals surface area (Å²) in [5, 5.41) is 3.51. The van der Waals surface area contributed by atoms with Gasteiger partial charge in [-0.15, -0.1) is 0 Å². The maximum atomic E-state index is 5.56. The number of rotatable bonds is 3. The molecule has 1 saturated carbocycles. The molecule has 3 nitrogen and oxygen atoms in total. The second-order valence-electron chi connectivity index (χ2n) is 3.95. The van der Waals surface area contributed by atoms with Crippen LogP contribution in [-0.2, 0) is 6.54 Å². The van der Waals surface area contributed by atoms with E-state index < -0.39 is 0 Å². The highest BCUT2D eigenvalue weighted by Crippen LogP contribution is 2.17. The Balaban J connectivity index is 1.82. The van der Waals surface area contributed by atoms with Crippen LogP contribution in [-0.4, -0.2) is 11.0 Å². The Morgan fingerprint density at radius 2 is 2.14 bits per heavy atom. The molecule has 0 radical (unpaired) electrons. The van der Waals surface area contributed by atoms with E-state index in [4.69, 9.17) is 5.73 Å². The van der Waals surface area contributed by atoms with Crippen LogP contribution in [0.25, 0.3) is 0 Å². The minimum Gasteiger partial charge on any atom is -0.397 e. The fourth-order valence-corrected chi connectivity index (χ4v) is 1.92. The Morgan fingerprint density at radius 3 is 2.79 bits per heavy atom. The van der Waals surface area contributed by atoms with Gasteiger partial charge in [-0.05, 0) is 25.0 Å². The van der Waals surface area contributed by atoms with Gasteiger partial charge in [-0.2, -0.15) is 0 Å². The van der Waals surface area contributed by atoms with Gasteiger partial charge in [-0.1, -0.05) is 12.8 Å². The summed E-state index contributed by atoms with van der Waals surface area (Å²) in [6.45, 7) is 0.866. The lowest BCUT2D eigenvalue weighted by Gasteiger charge is -2.10. The Kier molecular flexibility index (Phi) is 2.99. The van der Waals surface area contributed by atoms with Crippen molar-refractivity contribution in [2.24, 2.45) is 0 Å². The van der Waals surface area contributed by atoms with Crippen LogP contribution in [0.4, 0.5) is 5.69 Å². The standard InChI is InChI=1S/C11H17N3/c12-9-5-6-11(13-7-9)8-14-10-3-1-2-4-10/h5-7,10,14H,1-4,8,12H2. The number of aromatic nitrogens is 1. The molecule has 0 amide bonds. The molecular weight excluding hydrogens is 174 g/mol. The van der Waals surface area contributed by atoms with Crippen molar-refractivity contribution in [3.8, 4) is 0 Å². The van der Waals surface area contributed by atoms with Gasteiger partial charge in [0.1, 0.15) is 0 Å². The van der Waals surface area contributed by atoms with Crippen LogP contribution in [0.15, 0.2) is 18.3 Å². The molecular formula is C11H17N3. The van der Waals surface area contributed by atoms with E-state index in [1.54, 1.807) is 6.20 Å². The van der Waals surface area contributed by atoms with Crippen molar-refractivity contribution in [1.29, 1.82) is 0 Å². The molecule has 0 aromatic carbocycles. The zero-order valence-electron chi connectivity index (χ0n) is 8.37. The third-order valence-corrected chi connectivity index (χ3v) is 2.77. The van der Waals surface area contributed by atoms with Crippen LogP contribution in [0.3, 0.4) is 0 Å². The average Bonchev–Trinajstić information content (AvgIpc) is 2.70. The molecule has 1 aromatic rings. The number of nitrogen functional groups attached to an aromatic ring is 1. The van der Waals surface area contributed by atoms with E-state index in [1.165, 1.54) is 25.7 Å². The predicted molar refractivity (Wildman–Crippen MR) is 57.7 cm³/mol. The minimum absolute atomic E-state index is 0.703. The predicted octanol–water partition coefficient (Wildman–Crippen LogP) is 1.70. The minimum atomic E-state index is 0.703. The Morgan fingerprint density at radius 1 is 1.36 bits per heavy atom. The van der Waals surface area contributed by atoms with E-state index in [9.17, 15) is 0 Å². The third-order valence-electron chi connectivity index (χ3n) is 2.77. The topological polar surface area (TPSA) is 50.9 Å². The molecule has 76 valence electrons. The van der Waals surface area contributed by atoms with Crippen molar-refractivity contribution in [3.63, 3.8) is 0 Å². The number of pyridine rings is 1. The van der Waals surface area contributed by atoms with Crippen molar-refractivity contribution in [3.05, 3.63) is 24.0 Å². The zero-order chi connectivity index (χ0) is 9.80. The number of hydrogen-bond donors (Lipinski definition) is 2. The maximum absolute atomic E-state index is 5.56. The van der Waals surface area contributed by atoms with Crippen molar-refractivity contribution < 1.29 is 0 Å². The highest BCUT2D eigenvalue weighted by Gasteiger charge is 2.13. The lowest BCUT2D eigenvalue weighted by Crippen LogP contribution is -2.25.